The van der Waals surface area contributed by atoms with Crippen LogP contribution in [0.1, 0.15) is 44.6 Å². The van der Waals surface area contributed by atoms with Crippen LogP contribution in [0.15, 0.2) is 24.3 Å². The van der Waals surface area contributed by atoms with Crippen molar-refractivity contribution in [1.82, 2.24) is 20.0 Å². The fourth-order valence-electron chi connectivity index (χ4n) is 5.23. The number of piperidine rings is 2. The third-order valence-electron chi connectivity index (χ3n) is 7.11. The van der Waals surface area contributed by atoms with Crippen LogP contribution < -0.4 is 10.1 Å². The van der Waals surface area contributed by atoms with Crippen LogP contribution in [-0.4, -0.2) is 84.0 Å². The van der Waals surface area contributed by atoms with Gasteiger partial charge in [0.15, 0.2) is 0 Å². The van der Waals surface area contributed by atoms with E-state index in [1.54, 1.807) is 7.11 Å². The van der Waals surface area contributed by atoms with Gasteiger partial charge in [-0.25, -0.2) is 4.79 Å². The molecule has 0 radical (unpaired) electrons. The molecule has 8 heteroatoms. The number of nitrogens with one attached hydrogen (secondary N) is 1. The number of amides is 4. The SMILES string of the molecule is CCCN1CCC2(CC1)NC(=O)N(C1CCN(C(=O)Cc3cccc(OC)c3)CC1)C2=O. The van der Waals surface area contributed by atoms with Gasteiger partial charge in [0.25, 0.3) is 5.91 Å². The molecule has 0 saturated carbocycles. The van der Waals surface area contributed by atoms with Crippen LogP contribution >= 0.6 is 0 Å². The van der Waals surface area contributed by atoms with Gasteiger partial charge in [-0.05, 0) is 56.3 Å². The first-order valence-electron chi connectivity index (χ1n) is 11.7. The van der Waals surface area contributed by atoms with E-state index in [0.29, 0.717) is 45.2 Å². The highest BCUT2D eigenvalue weighted by Gasteiger charge is 2.54. The smallest absolute Gasteiger partial charge is 0.325 e. The molecule has 0 atom stereocenters. The highest BCUT2D eigenvalue weighted by Crippen LogP contribution is 2.32. The normalized spacial score (nSPS) is 21.8. The molecule has 1 spiro atoms. The first-order chi connectivity index (χ1) is 15.5. The van der Waals surface area contributed by atoms with Gasteiger partial charge in [-0.1, -0.05) is 19.1 Å². The van der Waals surface area contributed by atoms with Crippen molar-refractivity contribution in [3.63, 3.8) is 0 Å². The first-order valence-corrected chi connectivity index (χ1v) is 11.7. The Balaban J connectivity index is 1.32. The average molecular weight is 443 g/mol. The van der Waals surface area contributed by atoms with E-state index in [4.69, 9.17) is 4.74 Å². The number of benzene rings is 1. The fourth-order valence-corrected chi connectivity index (χ4v) is 5.23. The number of carbonyl (C=O) groups excluding carboxylic acids is 3. The largest absolute Gasteiger partial charge is 0.497 e. The van der Waals surface area contributed by atoms with E-state index in [9.17, 15) is 14.4 Å². The van der Waals surface area contributed by atoms with Crippen LogP contribution in [0.3, 0.4) is 0 Å². The summed E-state index contributed by atoms with van der Waals surface area (Å²) in [5, 5.41) is 3.02. The van der Waals surface area contributed by atoms with Crippen molar-refractivity contribution in [2.24, 2.45) is 0 Å². The van der Waals surface area contributed by atoms with Crippen LogP contribution in [0, 0.1) is 0 Å². The van der Waals surface area contributed by atoms with Gasteiger partial charge in [-0.15, -0.1) is 0 Å². The summed E-state index contributed by atoms with van der Waals surface area (Å²) < 4.78 is 5.24. The van der Waals surface area contributed by atoms with Crippen molar-refractivity contribution in [2.75, 3.05) is 39.8 Å². The summed E-state index contributed by atoms with van der Waals surface area (Å²) in [4.78, 5) is 44.5. The molecule has 3 saturated heterocycles. The van der Waals surface area contributed by atoms with Crippen LogP contribution in [0.4, 0.5) is 4.79 Å². The number of nitrogens with zero attached hydrogens (tertiary/aromatic N) is 3. The van der Waals surface area contributed by atoms with Gasteiger partial charge in [0, 0.05) is 32.2 Å². The number of rotatable bonds is 6. The van der Waals surface area contributed by atoms with E-state index in [1.807, 2.05) is 29.2 Å². The summed E-state index contributed by atoms with van der Waals surface area (Å²) in [6.45, 7) is 5.98. The minimum atomic E-state index is -0.735. The highest BCUT2D eigenvalue weighted by atomic mass is 16.5. The molecule has 1 aromatic rings. The van der Waals surface area contributed by atoms with Gasteiger partial charge in [-0.3, -0.25) is 14.5 Å². The molecular formula is C24H34N4O4. The topological polar surface area (TPSA) is 82.2 Å². The maximum absolute atomic E-state index is 13.3. The van der Waals surface area contributed by atoms with Gasteiger partial charge in [0.05, 0.1) is 13.5 Å². The Morgan fingerprint density at radius 1 is 1.16 bits per heavy atom. The lowest BCUT2D eigenvalue weighted by molar-refractivity contribution is -0.136. The first kappa shape index (κ1) is 22.6. The number of ether oxygens (including phenoxy) is 1. The second-order valence-corrected chi connectivity index (χ2v) is 9.17. The lowest BCUT2D eigenvalue weighted by atomic mass is 9.87. The molecule has 3 heterocycles. The zero-order valence-corrected chi connectivity index (χ0v) is 19.1. The minimum Gasteiger partial charge on any atom is -0.497 e. The molecule has 8 nitrogen and oxygen atoms in total. The van der Waals surface area contributed by atoms with E-state index >= 15 is 0 Å². The van der Waals surface area contributed by atoms with E-state index in [2.05, 4.69) is 17.1 Å². The molecule has 3 aliphatic heterocycles. The number of hydrogen-bond donors (Lipinski definition) is 1. The third-order valence-corrected chi connectivity index (χ3v) is 7.11. The lowest BCUT2D eigenvalue weighted by Crippen LogP contribution is -2.55. The van der Waals surface area contributed by atoms with E-state index in [0.717, 1.165) is 37.4 Å². The van der Waals surface area contributed by atoms with Crippen molar-refractivity contribution >= 4 is 17.8 Å². The number of imide groups is 1. The Morgan fingerprint density at radius 3 is 2.53 bits per heavy atom. The molecule has 32 heavy (non-hydrogen) atoms. The Labute approximate surface area is 189 Å². The molecule has 1 N–H and O–H groups in total. The Kier molecular flexibility index (Phi) is 6.69. The fraction of sp³-hybridized carbons (Fsp3) is 0.625. The molecule has 0 aliphatic carbocycles. The summed E-state index contributed by atoms with van der Waals surface area (Å²) in [6.07, 6.45) is 4.01. The molecule has 0 aromatic heterocycles. The molecule has 1 aromatic carbocycles. The van der Waals surface area contributed by atoms with Gasteiger partial charge in [0.1, 0.15) is 11.3 Å². The second-order valence-electron chi connectivity index (χ2n) is 9.17. The Bertz CT molecular complexity index is 857. The predicted molar refractivity (Wildman–Crippen MR) is 120 cm³/mol. The molecule has 174 valence electrons. The quantitative estimate of drug-likeness (QED) is 0.682. The summed E-state index contributed by atoms with van der Waals surface area (Å²) in [7, 11) is 1.61. The van der Waals surface area contributed by atoms with Crippen LogP contribution in [0.2, 0.25) is 0 Å². The zero-order valence-electron chi connectivity index (χ0n) is 19.1. The molecule has 0 bridgehead atoms. The maximum atomic E-state index is 13.3. The van der Waals surface area contributed by atoms with Crippen LogP contribution in [-0.2, 0) is 16.0 Å². The molecule has 3 fully saturated rings. The van der Waals surface area contributed by atoms with Crippen molar-refractivity contribution in [2.45, 2.75) is 57.0 Å². The van der Waals surface area contributed by atoms with Crippen molar-refractivity contribution in [3.05, 3.63) is 29.8 Å². The summed E-state index contributed by atoms with van der Waals surface area (Å²) >= 11 is 0. The molecule has 4 amide bonds. The van der Waals surface area contributed by atoms with E-state index < -0.39 is 5.54 Å². The van der Waals surface area contributed by atoms with Gasteiger partial charge in [0.2, 0.25) is 5.91 Å². The van der Waals surface area contributed by atoms with Gasteiger partial charge >= 0.3 is 6.03 Å². The maximum Gasteiger partial charge on any atom is 0.325 e. The molecule has 3 aliphatic rings. The van der Waals surface area contributed by atoms with Crippen LogP contribution in [0.25, 0.3) is 0 Å². The zero-order chi connectivity index (χ0) is 22.7. The number of urea groups is 1. The average Bonchev–Trinajstić information content (AvgIpc) is 3.05. The van der Waals surface area contributed by atoms with Gasteiger partial charge in [-0.2, -0.15) is 0 Å². The Hall–Kier alpha value is -2.61. The number of hydrogen-bond acceptors (Lipinski definition) is 5. The van der Waals surface area contributed by atoms with Crippen LogP contribution in [0.5, 0.6) is 5.75 Å². The minimum absolute atomic E-state index is 0.0636. The van der Waals surface area contributed by atoms with E-state index in [-0.39, 0.29) is 23.9 Å². The van der Waals surface area contributed by atoms with Crippen molar-refractivity contribution in [1.29, 1.82) is 0 Å². The summed E-state index contributed by atoms with van der Waals surface area (Å²) in [6, 6.07) is 7.14. The van der Waals surface area contributed by atoms with Crippen molar-refractivity contribution < 1.29 is 19.1 Å². The second kappa shape index (κ2) is 9.48. The number of methoxy groups -OCH3 is 1. The standard InChI is InChI=1S/C24H34N4O4/c1-3-11-26-14-9-24(10-15-26)22(30)28(23(31)25-24)19-7-12-27(13-8-19)21(29)17-18-5-4-6-20(16-18)32-2/h4-6,16,19H,3,7-15,17H2,1-2H3,(H,25,31). The number of carbonyl (C=O) groups is 3. The van der Waals surface area contributed by atoms with E-state index in [1.165, 1.54) is 4.90 Å². The number of likely N-dealkylation sites (tertiary alicyclic amines) is 2. The molecule has 4 rings (SSSR count). The highest BCUT2D eigenvalue weighted by molar-refractivity contribution is 6.07. The summed E-state index contributed by atoms with van der Waals surface area (Å²) in [5.41, 5.74) is 0.183. The van der Waals surface area contributed by atoms with Gasteiger partial charge < -0.3 is 19.9 Å². The lowest BCUT2D eigenvalue weighted by Gasteiger charge is -2.38. The van der Waals surface area contributed by atoms with Crippen molar-refractivity contribution in [3.8, 4) is 5.75 Å². The Morgan fingerprint density at radius 2 is 1.88 bits per heavy atom. The molecule has 0 unspecified atom stereocenters. The summed E-state index contributed by atoms with van der Waals surface area (Å²) in [5.74, 6) is 0.732. The monoisotopic (exact) mass is 442 g/mol. The predicted octanol–water partition coefficient (Wildman–Crippen LogP) is 2.03. The molecular weight excluding hydrogens is 408 g/mol. The third kappa shape index (κ3) is 4.46.